The van der Waals surface area contributed by atoms with Gasteiger partial charge in [-0.2, -0.15) is 0 Å². The average Bonchev–Trinajstić information content (AvgIpc) is 1.74. The summed E-state index contributed by atoms with van der Waals surface area (Å²) in [5.74, 6) is 0. The Hall–Kier alpha value is -14.5. The molecule has 0 aliphatic heterocycles. The van der Waals surface area contributed by atoms with Gasteiger partial charge < -0.3 is 13.3 Å². The molecule has 6 heterocycles. The van der Waals surface area contributed by atoms with Crippen molar-refractivity contribution in [3.8, 4) is 67.5 Å². The Kier molecular flexibility index (Phi) is 14.4. The first kappa shape index (κ1) is 61.2. The van der Waals surface area contributed by atoms with Crippen LogP contribution in [-0.2, 0) is 0 Å². The van der Waals surface area contributed by atoms with E-state index < -0.39 is 0 Å². The van der Waals surface area contributed by atoms with Crippen molar-refractivity contribution in [2.75, 3.05) is 0 Å². The molecule has 0 aliphatic carbocycles. The Bertz CT molecular complexity index is 7520. The van der Waals surface area contributed by atoms with Gasteiger partial charge in [0.2, 0.25) is 0 Å². The van der Waals surface area contributed by atoms with Crippen LogP contribution >= 0.6 is 0 Å². The molecule has 107 heavy (non-hydrogen) atoms. The lowest BCUT2D eigenvalue weighted by Crippen LogP contribution is -1.96. The van der Waals surface area contributed by atoms with Crippen LogP contribution in [-0.4, -0.2) is 29.9 Å². The molecule has 0 saturated heterocycles. The van der Waals surface area contributed by atoms with E-state index in [0.717, 1.165) is 220 Å². The van der Waals surface area contributed by atoms with Crippen molar-refractivity contribution < 1.29 is 13.3 Å². The predicted molar refractivity (Wildman–Crippen MR) is 441 cm³/mol. The number of nitrogens with zero attached hydrogens (tertiary/aromatic N) is 6. The fraction of sp³-hybridized carbons (Fsp3) is 0. The van der Waals surface area contributed by atoms with Crippen molar-refractivity contribution in [2.24, 2.45) is 0 Å². The van der Waals surface area contributed by atoms with E-state index in [9.17, 15) is 0 Å². The summed E-state index contributed by atoms with van der Waals surface area (Å²) in [6.07, 6.45) is 0. The number of hydrogen-bond donors (Lipinski definition) is 0. The SMILES string of the molecule is c1ccc(-c2nc3c(ccc4ccccc43)nc2-c2ccc3cc4oc5ccccc5c4cc3c2)cc1.c1ccc(-c2nc3ccc4ccccc4c3nc2-c2ccc3cc4oc5ccccc5c4cc3c2)cc1.c1ccc(-c2nc3ccccc3nc2-c2ccc3cc4oc5ccccc5c4cc3c2)cc1. The highest BCUT2D eigenvalue weighted by Crippen LogP contribution is 2.42. The Morgan fingerprint density at radius 3 is 0.804 bits per heavy atom. The minimum absolute atomic E-state index is 0.882. The molecule has 9 heteroatoms. The van der Waals surface area contributed by atoms with Crippen LogP contribution in [0, 0.1) is 0 Å². The zero-order chi connectivity index (χ0) is 70.5. The van der Waals surface area contributed by atoms with Crippen LogP contribution in [0.5, 0.6) is 0 Å². The van der Waals surface area contributed by atoms with Gasteiger partial charge in [0.25, 0.3) is 0 Å². The third-order valence-electron chi connectivity index (χ3n) is 20.7. The van der Waals surface area contributed by atoms with Crippen molar-refractivity contribution in [2.45, 2.75) is 0 Å². The highest BCUT2D eigenvalue weighted by atomic mass is 16.3. The molecule has 9 nitrogen and oxygen atoms in total. The van der Waals surface area contributed by atoms with Gasteiger partial charge in [0.15, 0.2) is 0 Å². The highest BCUT2D eigenvalue weighted by molar-refractivity contribution is 6.14. The summed E-state index contributed by atoms with van der Waals surface area (Å²) in [5.41, 5.74) is 22.5. The van der Waals surface area contributed by atoms with E-state index in [1.165, 1.54) is 0 Å². The van der Waals surface area contributed by atoms with E-state index in [-0.39, 0.29) is 0 Å². The summed E-state index contributed by atoms with van der Waals surface area (Å²) < 4.78 is 18.3. The number of fused-ring (bicyclic) bond motifs is 19. The normalized spacial score (nSPS) is 11.7. The van der Waals surface area contributed by atoms with E-state index >= 15 is 0 Å². The highest BCUT2D eigenvalue weighted by Gasteiger charge is 2.21. The third-order valence-corrected chi connectivity index (χ3v) is 20.7. The van der Waals surface area contributed by atoms with E-state index in [4.69, 9.17) is 43.2 Å². The van der Waals surface area contributed by atoms with Crippen molar-refractivity contribution in [1.29, 1.82) is 0 Å². The summed E-state index contributed by atoms with van der Waals surface area (Å²) in [6.45, 7) is 0. The Morgan fingerprint density at radius 1 is 0.150 bits per heavy atom. The second-order valence-corrected chi connectivity index (χ2v) is 27.2. The lowest BCUT2D eigenvalue weighted by Gasteiger charge is -2.13. The van der Waals surface area contributed by atoms with Gasteiger partial charge in [-0.15, -0.1) is 0 Å². The third kappa shape index (κ3) is 10.8. The molecule has 23 aromatic rings. The molecule has 0 aliphatic rings. The molecule has 0 atom stereocenters. The minimum Gasteiger partial charge on any atom is -0.456 e. The average molecular weight is 1370 g/mol. The first-order valence-electron chi connectivity index (χ1n) is 35.9. The maximum Gasteiger partial charge on any atom is 0.136 e. The molecule has 498 valence electrons. The van der Waals surface area contributed by atoms with Gasteiger partial charge in [-0.05, 0) is 140 Å². The van der Waals surface area contributed by atoms with Crippen molar-refractivity contribution >= 4 is 153 Å². The fourth-order valence-corrected chi connectivity index (χ4v) is 15.4. The minimum atomic E-state index is 0.882. The maximum absolute atomic E-state index is 6.12. The Morgan fingerprint density at radius 2 is 0.430 bits per heavy atom. The lowest BCUT2D eigenvalue weighted by atomic mass is 9.99. The van der Waals surface area contributed by atoms with Crippen LogP contribution in [0.3, 0.4) is 0 Å². The van der Waals surface area contributed by atoms with Crippen LogP contribution in [0.2, 0.25) is 0 Å². The van der Waals surface area contributed by atoms with Crippen molar-refractivity contribution in [3.63, 3.8) is 0 Å². The molecule has 0 spiro atoms. The monoisotopic (exact) mass is 1370 g/mol. The van der Waals surface area contributed by atoms with Crippen LogP contribution in [0.15, 0.2) is 365 Å². The first-order valence-corrected chi connectivity index (χ1v) is 35.9. The molecule has 6 aromatic heterocycles. The topological polar surface area (TPSA) is 117 Å². The molecule has 17 aromatic carbocycles. The lowest BCUT2D eigenvalue weighted by molar-refractivity contribution is 0.669. The quantitative estimate of drug-likeness (QED) is 0.150. The second kappa shape index (κ2) is 25.2. The number of rotatable bonds is 6. The van der Waals surface area contributed by atoms with Crippen LogP contribution < -0.4 is 0 Å². The molecular formula is C98H58N6O3. The van der Waals surface area contributed by atoms with Gasteiger partial charge in [0, 0.05) is 76.5 Å². The van der Waals surface area contributed by atoms with Crippen LogP contribution in [0.25, 0.3) is 220 Å². The zero-order valence-corrected chi connectivity index (χ0v) is 57.4. The smallest absolute Gasteiger partial charge is 0.136 e. The molecule has 0 fully saturated rings. The molecule has 0 saturated carbocycles. The van der Waals surface area contributed by atoms with E-state index in [2.05, 4.69) is 249 Å². The molecule has 0 amide bonds. The molecule has 0 N–H and O–H groups in total. The molecule has 0 radical (unpaired) electrons. The van der Waals surface area contributed by atoms with Gasteiger partial charge >= 0.3 is 0 Å². The van der Waals surface area contributed by atoms with Crippen LogP contribution in [0.1, 0.15) is 0 Å². The summed E-state index contributed by atoms with van der Waals surface area (Å²) >= 11 is 0. The van der Waals surface area contributed by atoms with Crippen molar-refractivity contribution in [1.82, 2.24) is 29.9 Å². The largest absolute Gasteiger partial charge is 0.456 e. The number of para-hydroxylation sites is 5. The number of hydrogen-bond acceptors (Lipinski definition) is 9. The van der Waals surface area contributed by atoms with Gasteiger partial charge in [-0.1, -0.05) is 255 Å². The van der Waals surface area contributed by atoms with Crippen molar-refractivity contribution in [3.05, 3.63) is 352 Å². The summed E-state index contributed by atoms with van der Waals surface area (Å²) in [6, 6.07) is 121. The Balaban J connectivity index is 0.000000103. The number of benzene rings is 17. The Labute approximate surface area is 611 Å². The summed E-state index contributed by atoms with van der Waals surface area (Å²) in [4.78, 5) is 30.9. The van der Waals surface area contributed by atoms with Gasteiger partial charge in [0.05, 0.1) is 67.3 Å². The molecule has 23 rings (SSSR count). The molecule has 0 bridgehead atoms. The summed E-state index contributed by atoms with van der Waals surface area (Å²) in [7, 11) is 0. The van der Waals surface area contributed by atoms with Crippen LogP contribution in [0.4, 0.5) is 0 Å². The van der Waals surface area contributed by atoms with E-state index in [1.807, 2.05) is 103 Å². The zero-order valence-electron chi connectivity index (χ0n) is 57.4. The molecule has 0 unspecified atom stereocenters. The predicted octanol–water partition coefficient (Wildman–Crippen LogP) is 26.4. The second-order valence-electron chi connectivity index (χ2n) is 27.2. The first-order chi connectivity index (χ1) is 53.0. The van der Waals surface area contributed by atoms with E-state index in [1.54, 1.807) is 0 Å². The summed E-state index contributed by atoms with van der Waals surface area (Å²) in [5, 5.41) is 18.2. The fourth-order valence-electron chi connectivity index (χ4n) is 15.4. The maximum atomic E-state index is 6.12. The van der Waals surface area contributed by atoms with Gasteiger partial charge in [-0.25, -0.2) is 29.9 Å². The standard InChI is InChI=1S/2C34H20N2O.C30H18N2O/c1-2-9-22(10-3-1)32-33(35-29-17-16-21-8-4-5-11-26(21)34(29)36-32)24-15-14-23-20-31-28(19-25(23)18-24)27-12-6-7-13-30(27)37-31;1-2-9-22(10-3-1)32-33(36-34-26-11-5-4-8-21(26)16-17-29(34)35-32)24-15-14-23-20-31-28(19-25(23)18-24)27-12-6-7-13-30(27)37-31;1-2-8-19(9-3-1)29-30(32-26-12-6-5-11-25(26)31-29)21-15-14-20-18-28-24(17-22(20)16-21)23-10-4-7-13-27(23)33-28/h2*1-20H;1-18H. The molecular weight excluding hydrogens is 1310 g/mol. The van der Waals surface area contributed by atoms with Gasteiger partial charge in [0.1, 0.15) is 33.5 Å². The van der Waals surface area contributed by atoms with Gasteiger partial charge in [-0.3, -0.25) is 0 Å². The van der Waals surface area contributed by atoms with E-state index in [0.29, 0.717) is 0 Å². The number of furan rings is 3. The number of aromatic nitrogens is 6.